The molecule has 0 heterocycles. The van der Waals surface area contributed by atoms with Gasteiger partial charge in [-0.3, -0.25) is 0 Å². The molecule has 0 bridgehead atoms. The van der Waals surface area contributed by atoms with Crippen LogP contribution in [0.3, 0.4) is 0 Å². The van der Waals surface area contributed by atoms with Crippen LogP contribution in [0.15, 0.2) is 42.5 Å². The van der Waals surface area contributed by atoms with Gasteiger partial charge in [0.1, 0.15) is 6.61 Å². The highest BCUT2D eigenvalue weighted by Gasteiger charge is 2.16. The minimum Gasteiger partial charge on any atom is -0.486 e. The van der Waals surface area contributed by atoms with E-state index in [2.05, 4.69) is 0 Å². The topological polar surface area (TPSA) is 9.23 Å². The number of hydrogen-bond donors (Lipinski definition) is 0. The van der Waals surface area contributed by atoms with E-state index in [0.29, 0.717) is 12.8 Å². The van der Waals surface area contributed by atoms with Crippen LogP contribution in [0.1, 0.15) is 24.5 Å². The van der Waals surface area contributed by atoms with Crippen molar-refractivity contribution in [1.29, 1.82) is 0 Å². The smallest absolute Gasteiger partial charge is 0.194 e. The fraction of sp³-hybridized carbons (Fsp3) is 0.182. The van der Waals surface area contributed by atoms with Crippen LogP contribution >= 0.6 is 0 Å². The fourth-order valence-electron chi connectivity index (χ4n) is 2.91. The molecule has 0 atom stereocenters. The van der Waals surface area contributed by atoms with E-state index in [0.717, 1.165) is 18.2 Å². The summed E-state index contributed by atoms with van der Waals surface area (Å²) >= 11 is 0. The van der Waals surface area contributed by atoms with Gasteiger partial charge < -0.3 is 4.74 Å². The Hall–Kier alpha value is -2.96. The quantitative estimate of drug-likeness (QED) is 0.324. The van der Waals surface area contributed by atoms with Crippen molar-refractivity contribution >= 4 is 0 Å². The predicted octanol–water partition coefficient (Wildman–Crippen LogP) is 6.72. The van der Waals surface area contributed by atoms with Gasteiger partial charge in [0.25, 0.3) is 0 Å². The van der Waals surface area contributed by atoms with Crippen molar-refractivity contribution in [2.45, 2.75) is 26.4 Å². The zero-order valence-electron chi connectivity index (χ0n) is 15.3. The zero-order valence-corrected chi connectivity index (χ0v) is 15.3. The molecule has 0 radical (unpaired) electrons. The van der Waals surface area contributed by atoms with Crippen LogP contribution in [-0.2, 0) is 13.0 Å². The fourth-order valence-corrected chi connectivity index (χ4v) is 2.91. The van der Waals surface area contributed by atoms with E-state index in [4.69, 9.17) is 4.74 Å². The van der Waals surface area contributed by atoms with Gasteiger partial charge >= 0.3 is 0 Å². The summed E-state index contributed by atoms with van der Waals surface area (Å²) in [7, 11) is 0. The maximum Gasteiger partial charge on any atom is 0.194 e. The molecule has 152 valence electrons. The normalized spacial score (nSPS) is 11.0. The summed E-state index contributed by atoms with van der Waals surface area (Å²) in [5.74, 6) is -7.55. The molecule has 3 rings (SSSR count). The second-order valence-corrected chi connectivity index (χ2v) is 6.46. The van der Waals surface area contributed by atoms with Crippen LogP contribution in [0.4, 0.5) is 26.3 Å². The first-order valence-electron chi connectivity index (χ1n) is 8.84. The Bertz CT molecular complexity index is 1020. The average Bonchev–Trinajstić information content (AvgIpc) is 2.69. The molecule has 0 saturated heterocycles. The van der Waals surface area contributed by atoms with Gasteiger partial charge in [-0.2, -0.15) is 0 Å². The monoisotopic (exact) mass is 410 g/mol. The number of aryl methyl sites for hydroxylation is 1. The molecule has 0 unspecified atom stereocenters. The van der Waals surface area contributed by atoms with Crippen molar-refractivity contribution < 1.29 is 31.1 Å². The van der Waals surface area contributed by atoms with Gasteiger partial charge in [-0.1, -0.05) is 31.5 Å². The van der Waals surface area contributed by atoms with E-state index in [9.17, 15) is 26.3 Å². The van der Waals surface area contributed by atoms with E-state index in [1.54, 1.807) is 0 Å². The predicted molar refractivity (Wildman–Crippen MR) is 96.4 cm³/mol. The molecular weight excluding hydrogens is 394 g/mol. The maximum atomic E-state index is 14.4. The minimum absolute atomic E-state index is 0.0375. The minimum atomic E-state index is -1.61. The molecule has 1 nitrogen and oxygen atoms in total. The summed E-state index contributed by atoms with van der Waals surface area (Å²) in [5.41, 5.74) is 0.209. The van der Waals surface area contributed by atoms with Crippen molar-refractivity contribution in [1.82, 2.24) is 0 Å². The van der Waals surface area contributed by atoms with Gasteiger partial charge in [0.2, 0.25) is 0 Å². The first-order chi connectivity index (χ1) is 13.8. The lowest BCUT2D eigenvalue weighted by molar-refractivity contribution is 0.288. The molecule has 0 fully saturated rings. The van der Waals surface area contributed by atoms with Crippen LogP contribution < -0.4 is 4.74 Å². The van der Waals surface area contributed by atoms with Crippen LogP contribution in [0.5, 0.6) is 5.75 Å². The summed E-state index contributed by atoms with van der Waals surface area (Å²) in [4.78, 5) is 0. The Balaban J connectivity index is 1.81. The molecule has 0 spiro atoms. The van der Waals surface area contributed by atoms with E-state index >= 15 is 0 Å². The molecular formula is C22H16F6O. The Morgan fingerprint density at radius 3 is 2.03 bits per heavy atom. The van der Waals surface area contributed by atoms with Gasteiger partial charge in [0.05, 0.1) is 0 Å². The molecule has 0 N–H and O–H groups in total. The molecule has 7 heteroatoms. The summed E-state index contributed by atoms with van der Waals surface area (Å²) < 4.78 is 87.4. The van der Waals surface area contributed by atoms with Crippen LogP contribution in [0.25, 0.3) is 11.1 Å². The SMILES string of the molecule is CCCc1ccc(-c2ccc(OCc3cc(F)c(F)c(F)c3)c(F)c2)c(F)c1F. The molecule has 3 aromatic carbocycles. The van der Waals surface area contributed by atoms with E-state index in [1.165, 1.54) is 24.3 Å². The molecule has 29 heavy (non-hydrogen) atoms. The third kappa shape index (κ3) is 4.39. The van der Waals surface area contributed by atoms with Gasteiger partial charge in [0.15, 0.2) is 40.7 Å². The molecule has 0 aliphatic carbocycles. The third-order valence-corrected chi connectivity index (χ3v) is 4.36. The second-order valence-electron chi connectivity index (χ2n) is 6.46. The van der Waals surface area contributed by atoms with Gasteiger partial charge in [0, 0.05) is 5.56 Å². The van der Waals surface area contributed by atoms with E-state index in [-0.39, 0.29) is 28.0 Å². The van der Waals surface area contributed by atoms with Crippen molar-refractivity contribution in [3.8, 4) is 16.9 Å². The highest BCUT2D eigenvalue weighted by atomic mass is 19.2. The molecule has 3 aromatic rings. The third-order valence-electron chi connectivity index (χ3n) is 4.36. The molecule has 0 aliphatic heterocycles. The molecule has 0 aliphatic rings. The van der Waals surface area contributed by atoms with E-state index in [1.807, 2.05) is 6.92 Å². The Labute approximate surface area is 163 Å². The molecule has 0 amide bonds. The van der Waals surface area contributed by atoms with Crippen molar-refractivity contribution in [2.75, 3.05) is 0 Å². The summed E-state index contributed by atoms with van der Waals surface area (Å²) in [6, 6.07) is 7.81. The zero-order chi connectivity index (χ0) is 21.1. The lowest BCUT2D eigenvalue weighted by Gasteiger charge is -2.11. The van der Waals surface area contributed by atoms with Crippen LogP contribution in [0.2, 0.25) is 0 Å². The molecule has 0 saturated carbocycles. The van der Waals surface area contributed by atoms with Crippen molar-refractivity contribution in [3.63, 3.8) is 0 Å². The van der Waals surface area contributed by atoms with Crippen LogP contribution in [0, 0.1) is 34.9 Å². The Kier molecular flexibility index (Phi) is 6.15. The summed E-state index contributed by atoms with van der Waals surface area (Å²) in [5, 5.41) is 0. The van der Waals surface area contributed by atoms with Crippen molar-refractivity contribution in [3.05, 3.63) is 88.5 Å². The lowest BCUT2D eigenvalue weighted by Crippen LogP contribution is -2.01. The number of hydrogen-bond acceptors (Lipinski definition) is 1. The number of ether oxygens (including phenoxy) is 1. The molecule has 0 aromatic heterocycles. The standard InChI is InChI=1S/C22H16F6O/c1-2-3-13-4-6-15(21(27)20(13)26)14-5-7-19(16(23)10-14)29-11-12-8-17(24)22(28)18(25)9-12/h4-10H,2-3,11H2,1H3. The number of rotatable bonds is 6. The highest BCUT2D eigenvalue weighted by Crippen LogP contribution is 2.30. The van der Waals surface area contributed by atoms with Gasteiger partial charge in [-0.05, 0) is 47.4 Å². The summed E-state index contributed by atoms with van der Waals surface area (Å²) in [6.07, 6.45) is 1.03. The summed E-state index contributed by atoms with van der Waals surface area (Å²) in [6.45, 7) is 1.42. The first-order valence-corrected chi connectivity index (χ1v) is 8.84. The van der Waals surface area contributed by atoms with Crippen molar-refractivity contribution in [2.24, 2.45) is 0 Å². The van der Waals surface area contributed by atoms with E-state index < -0.39 is 41.5 Å². The largest absolute Gasteiger partial charge is 0.486 e. The first kappa shape index (κ1) is 20.8. The second kappa shape index (κ2) is 8.59. The Morgan fingerprint density at radius 2 is 1.41 bits per heavy atom. The number of benzene rings is 3. The maximum absolute atomic E-state index is 14.4. The van der Waals surface area contributed by atoms with Gasteiger partial charge in [-0.25, -0.2) is 26.3 Å². The van der Waals surface area contributed by atoms with Gasteiger partial charge in [-0.15, -0.1) is 0 Å². The average molecular weight is 410 g/mol. The highest BCUT2D eigenvalue weighted by molar-refractivity contribution is 5.65. The Morgan fingerprint density at radius 1 is 0.724 bits per heavy atom. The van der Waals surface area contributed by atoms with Crippen LogP contribution in [-0.4, -0.2) is 0 Å². The lowest BCUT2D eigenvalue weighted by atomic mass is 10.0. The number of halogens is 6.